The van der Waals surface area contributed by atoms with Gasteiger partial charge in [-0.1, -0.05) is 48.5 Å². The lowest BCUT2D eigenvalue weighted by Crippen LogP contribution is -2.45. The number of imidazole rings is 1. The van der Waals surface area contributed by atoms with Crippen molar-refractivity contribution in [2.75, 3.05) is 12.3 Å². The van der Waals surface area contributed by atoms with Gasteiger partial charge >= 0.3 is 5.69 Å². The molecule has 35 heavy (non-hydrogen) atoms. The van der Waals surface area contributed by atoms with Crippen molar-refractivity contribution < 1.29 is 9.18 Å². The van der Waals surface area contributed by atoms with E-state index in [4.69, 9.17) is 0 Å². The monoisotopic (exact) mass is 493 g/mol. The molecule has 1 fully saturated rings. The van der Waals surface area contributed by atoms with Crippen LogP contribution in [0, 0.1) is 5.82 Å². The first-order chi connectivity index (χ1) is 17.0. The third kappa shape index (κ3) is 4.18. The van der Waals surface area contributed by atoms with Gasteiger partial charge in [0.25, 0.3) is 5.56 Å². The summed E-state index contributed by atoms with van der Waals surface area (Å²) < 4.78 is 18.5. The van der Waals surface area contributed by atoms with Gasteiger partial charge in [-0.05, 0) is 18.6 Å². The third-order valence-corrected chi connectivity index (χ3v) is 7.43. The van der Waals surface area contributed by atoms with Crippen LogP contribution in [-0.4, -0.2) is 41.8 Å². The fourth-order valence-electron chi connectivity index (χ4n) is 4.41. The molecule has 0 N–H and O–H groups in total. The average Bonchev–Trinajstić information content (AvgIpc) is 3.53. The van der Waals surface area contributed by atoms with Crippen LogP contribution in [0.4, 0.5) is 4.39 Å². The van der Waals surface area contributed by atoms with Gasteiger partial charge in [0, 0.05) is 24.4 Å². The second-order valence-corrected chi connectivity index (χ2v) is 9.47. The quantitative estimate of drug-likeness (QED) is 0.413. The summed E-state index contributed by atoms with van der Waals surface area (Å²) in [5.41, 5.74) is 0.685. The Morgan fingerprint density at radius 2 is 1.83 bits per heavy atom. The fraction of sp³-hybridized carbons (Fsp3) is 0.280. The van der Waals surface area contributed by atoms with E-state index in [1.165, 1.54) is 33.6 Å². The van der Waals surface area contributed by atoms with E-state index in [0.717, 1.165) is 10.1 Å². The summed E-state index contributed by atoms with van der Waals surface area (Å²) in [6.45, 7) is 2.56. The molecule has 3 heterocycles. The molecule has 0 saturated carbocycles. The Labute approximate surface area is 204 Å². The molecule has 180 valence electrons. The van der Waals surface area contributed by atoms with Crippen LogP contribution < -0.4 is 11.2 Å². The van der Waals surface area contributed by atoms with Crippen LogP contribution >= 0.6 is 11.8 Å². The molecule has 0 bridgehead atoms. The van der Waals surface area contributed by atoms with Gasteiger partial charge in [-0.15, -0.1) is 11.8 Å². The summed E-state index contributed by atoms with van der Waals surface area (Å²) in [7, 11) is 0. The zero-order valence-corrected chi connectivity index (χ0v) is 19.9. The maximum Gasteiger partial charge on any atom is 0.333 e. The molecular formula is C25H24FN5O3S. The van der Waals surface area contributed by atoms with Crippen molar-refractivity contribution in [3.8, 4) is 0 Å². The number of carbonyl (C=O) groups excluding carboxylic acids is 1. The Morgan fingerprint density at radius 3 is 2.57 bits per heavy atom. The number of aromatic nitrogens is 4. The van der Waals surface area contributed by atoms with Gasteiger partial charge in [0.15, 0.2) is 11.2 Å². The Morgan fingerprint density at radius 1 is 1.09 bits per heavy atom. The van der Waals surface area contributed by atoms with E-state index in [2.05, 4.69) is 4.98 Å². The Balaban J connectivity index is 1.56. The van der Waals surface area contributed by atoms with Crippen LogP contribution in [0.2, 0.25) is 0 Å². The first-order valence-electron chi connectivity index (χ1n) is 11.4. The molecule has 1 unspecified atom stereocenters. The molecule has 4 aromatic rings. The van der Waals surface area contributed by atoms with Crippen LogP contribution in [0.3, 0.4) is 0 Å². The van der Waals surface area contributed by atoms with Gasteiger partial charge in [-0.3, -0.25) is 14.2 Å². The molecule has 1 amide bonds. The van der Waals surface area contributed by atoms with Crippen molar-refractivity contribution in [1.29, 1.82) is 0 Å². The van der Waals surface area contributed by atoms with Crippen molar-refractivity contribution in [2.45, 2.75) is 31.9 Å². The molecule has 2 aromatic carbocycles. The maximum absolute atomic E-state index is 14.4. The highest BCUT2D eigenvalue weighted by atomic mass is 32.2. The van der Waals surface area contributed by atoms with Crippen molar-refractivity contribution in [2.24, 2.45) is 0 Å². The molecule has 10 heteroatoms. The molecule has 0 spiro atoms. The van der Waals surface area contributed by atoms with E-state index in [9.17, 15) is 18.8 Å². The highest BCUT2D eigenvalue weighted by molar-refractivity contribution is 7.99. The molecule has 1 atom stereocenters. The second-order valence-electron chi connectivity index (χ2n) is 8.28. The molecule has 5 rings (SSSR count). The predicted molar refractivity (Wildman–Crippen MR) is 133 cm³/mol. The Hall–Kier alpha value is -3.66. The lowest BCUT2D eigenvalue weighted by atomic mass is 10.2. The zero-order valence-electron chi connectivity index (χ0n) is 19.1. The molecule has 8 nitrogen and oxygen atoms in total. The topological polar surface area (TPSA) is 82.1 Å². The van der Waals surface area contributed by atoms with Gasteiger partial charge < -0.3 is 9.47 Å². The maximum atomic E-state index is 14.4. The number of aryl methyl sites for hydroxylation is 1. The SMILES string of the molecule is CCn1cnc2c1c(=O)n(CC(=O)N1CCSC1c1ccccc1F)c(=O)n2Cc1ccccc1. The van der Waals surface area contributed by atoms with Crippen LogP contribution in [0.1, 0.15) is 23.4 Å². The van der Waals surface area contributed by atoms with Gasteiger partial charge in [-0.25, -0.2) is 18.7 Å². The summed E-state index contributed by atoms with van der Waals surface area (Å²) in [6.07, 6.45) is 1.53. The van der Waals surface area contributed by atoms with E-state index in [1.807, 2.05) is 37.3 Å². The number of amides is 1. The van der Waals surface area contributed by atoms with E-state index in [0.29, 0.717) is 24.4 Å². The Bertz CT molecular complexity index is 1510. The number of hydrogen-bond donors (Lipinski definition) is 0. The van der Waals surface area contributed by atoms with E-state index in [1.54, 1.807) is 22.8 Å². The molecule has 1 saturated heterocycles. The molecule has 0 aliphatic carbocycles. The lowest BCUT2D eigenvalue weighted by molar-refractivity contribution is -0.132. The number of nitrogens with zero attached hydrogens (tertiary/aromatic N) is 5. The second kappa shape index (κ2) is 9.53. The van der Waals surface area contributed by atoms with E-state index >= 15 is 0 Å². The van der Waals surface area contributed by atoms with Crippen LogP contribution in [-0.2, 0) is 24.4 Å². The van der Waals surface area contributed by atoms with Gasteiger partial charge in [0.2, 0.25) is 5.91 Å². The Kier molecular flexibility index (Phi) is 6.29. The minimum absolute atomic E-state index is 0.211. The summed E-state index contributed by atoms with van der Waals surface area (Å²) in [6, 6.07) is 15.7. The third-order valence-electron chi connectivity index (χ3n) is 6.18. The summed E-state index contributed by atoms with van der Waals surface area (Å²) in [5.74, 6) is -0.157. The van der Waals surface area contributed by atoms with E-state index < -0.39 is 29.1 Å². The molecule has 0 radical (unpaired) electrons. The van der Waals surface area contributed by atoms with Crippen LogP contribution in [0.5, 0.6) is 0 Å². The molecular weight excluding hydrogens is 469 g/mol. The normalized spacial score (nSPS) is 15.7. The van der Waals surface area contributed by atoms with Gasteiger partial charge in [0.05, 0.1) is 12.9 Å². The molecule has 1 aliphatic rings. The van der Waals surface area contributed by atoms with Gasteiger partial charge in [-0.2, -0.15) is 0 Å². The molecule has 1 aliphatic heterocycles. The fourth-order valence-corrected chi connectivity index (χ4v) is 5.71. The van der Waals surface area contributed by atoms with Gasteiger partial charge in [0.1, 0.15) is 17.7 Å². The van der Waals surface area contributed by atoms with Crippen molar-refractivity contribution >= 4 is 28.8 Å². The zero-order chi connectivity index (χ0) is 24.5. The first kappa shape index (κ1) is 23.1. The number of carbonyl (C=O) groups is 1. The largest absolute Gasteiger partial charge is 0.333 e. The lowest BCUT2D eigenvalue weighted by Gasteiger charge is -2.25. The predicted octanol–water partition coefficient (Wildman–Crippen LogP) is 2.84. The number of rotatable bonds is 6. The van der Waals surface area contributed by atoms with Crippen molar-refractivity contribution in [3.63, 3.8) is 0 Å². The summed E-state index contributed by atoms with van der Waals surface area (Å²) in [5, 5.41) is -0.504. The van der Waals surface area contributed by atoms with E-state index in [-0.39, 0.29) is 23.5 Å². The number of halogens is 1. The number of benzene rings is 2. The molecule has 2 aromatic heterocycles. The number of hydrogen-bond acceptors (Lipinski definition) is 5. The van der Waals surface area contributed by atoms with Crippen LogP contribution in [0.15, 0.2) is 70.5 Å². The smallest absolute Gasteiger partial charge is 0.325 e. The first-order valence-corrected chi connectivity index (χ1v) is 12.4. The highest BCUT2D eigenvalue weighted by Gasteiger charge is 2.33. The highest BCUT2D eigenvalue weighted by Crippen LogP contribution is 2.39. The minimum Gasteiger partial charge on any atom is -0.325 e. The van der Waals surface area contributed by atoms with Crippen molar-refractivity contribution in [1.82, 2.24) is 23.6 Å². The van der Waals surface area contributed by atoms with Crippen LogP contribution in [0.25, 0.3) is 11.2 Å². The average molecular weight is 494 g/mol. The number of thioether (sulfide) groups is 1. The number of fused-ring (bicyclic) bond motifs is 1. The minimum atomic E-state index is -0.602. The van der Waals surface area contributed by atoms with Crippen molar-refractivity contribution in [3.05, 3.63) is 98.7 Å². The standard InChI is InChI=1S/C25H24FN5O3S/c1-2-28-16-27-22-21(28)23(33)31(25(34)30(22)14-17-8-4-3-5-9-17)15-20(32)29-12-13-35-24(29)18-10-6-7-11-19(18)26/h3-11,16,24H,2,12-15H2,1H3. The summed E-state index contributed by atoms with van der Waals surface area (Å²) >= 11 is 1.46. The summed E-state index contributed by atoms with van der Waals surface area (Å²) in [4.78, 5) is 46.2.